The van der Waals surface area contributed by atoms with Gasteiger partial charge in [-0.05, 0) is 18.9 Å². The van der Waals surface area contributed by atoms with Gasteiger partial charge < -0.3 is 15.8 Å². The number of nitrogens with one attached hydrogen (secondary N) is 1. The summed E-state index contributed by atoms with van der Waals surface area (Å²) in [6.07, 6.45) is 6.48. The molecule has 1 saturated carbocycles. The molecule has 2 rings (SSSR count). The summed E-state index contributed by atoms with van der Waals surface area (Å²) in [7, 11) is 0. The zero-order chi connectivity index (χ0) is 15.1. The average molecular weight is 325 g/mol. The number of hydrogen-bond donors (Lipinski definition) is 2. The van der Waals surface area contributed by atoms with E-state index in [1.807, 2.05) is 24.3 Å². The van der Waals surface area contributed by atoms with Crippen molar-refractivity contribution in [3.05, 3.63) is 42.5 Å². The molecule has 4 nitrogen and oxygen atoms in total. The van der Waals surface area contributed by atoms with Crippen molar-refractivity contribution in [2.75, 3.05) is 6.61 Å². The van der Waals surface area contributed by atoms with Crippen molar-refractivity contribution in [1.82, 2.24) is 5.32 Å². The summed E-state index contributed by atoms with van der Waals surface area (Å²) in [6, 6.07) is 7.68. The number of nitrogens with two attached hydrogens (primary N) is 1. The number of para-hydroxylation sites is 1. The summed E-state index contributed by atoms with van der Waals surface area (Å²) in [6.45, 7) is 4.52. The molecule has 0 unspecified atom stereocenters. The second kappa shape index (κ2) is 8.81. The Hall–Kier alpha value is -1.52. The SMILES string of the molecule is C=CCOc1ccccc1CNC(=O)C1(N)CCCCC1.Cl. The topological polar surface area (TPSA) is 64.3 Å². The van der Waals surface area contributed by atoms with E-state index in [4.69, 9.17) is 10.5 Å². The number of carbonyl (C=O) groups excluding carboxylic acids is 1. The highest BCUT2D eigenvalue weighted by molar-refractivity contribution is 5.86. The van der Waals surface area contributed by atoms with E-state index in [1.54, 1.807) is 6.08 Å². The van der Waals surface area contributed by atoms with Gasteiger partial charge in [0.15, 0.2) is 0 Å². The lowest BCUT2D eigenvalue weighted by atomic mass is 9.82. The zero-order valence-electron chi connectivity index (χ0n) is 12.8. The van der Waals surface area contributed by atoms with Crippen molar-refractivity contribution < 1.29 is 9.53 Å². The lowest BCUT2D eigenvalue weighted by Crippen LogP contribution is -2.54. The normalized spacial score (nSPS) is 16.2. The van der Waals surface area contributed by atoms with Gasteiger partial charge in [0, 0.05) is 12.1 Å². The number of hydrogen-bond acceptors (Lipinski definition) is 3. The number of halogens is 1. The molecule has 1 aliphatic carbocycles. The first-order valence-electron chi connectivity index (χ1n) is 7.54. The maximum Gasteiger partial charge on any atom is 0.240 e. The van der Waals surface area contributed by atoms with E-state index in [-0.39, 0.29) is 18.3 Å². The summed E-state index contributed by atoms with van der Waals surface area (Å²) in [4.78, 5) is 12.3. The van der Waals surface area contributed by atoms with Crippen LogP contribution in [0, 0.1) is 0 Å². The second-order valence-electron chi connectivity index (χ2n) is 5.61. The van der Waals surface area contributed by atoms with E-state index >= 15 is 0 Å². The van der Waals surface area contributed by atoms with Crippen LogP contribution < -0.4 is 15.8 Å². The molecule has 1 aromatic carbocycles. The number of amides is 1. The molecular weight excluding hydrogens is 300 g/mol. The van der Waals surface area contributed by atoms with Gasteiger partial charge in [0.05, 0.1) is 5.54 Å². The van der Waals surface area contributed by atoms with Crippen LogP contribution in [0.1, 0.15) is 37.7 Å². The molecule has 0 atom stereocenters. The molecule has 122 valence electrons. The third-order valence-electron chi connectivity index (χ3n) is 3.97. The molecule has 1 aliphatic rings. The van der Waals surface area contributed by atoms with E-state index in [0.717, 1.165) is 37.0 Å². The molecule has 0 heterocycles. The van der Waals surface area contributed by atoms with Crippen LogP contribution in [0.15, 0.2) is 36.9 Å². The quantitative estimate of drug-likeness (QED) is 0.791. The maximum atomic E-state index is 12.3. The van der Waals surface area contributed by atoms with Crippen LogP contribution in [0.4, 0.5) is 0 Å². The van der Waals surface area contributed by atoms with Gasteiger partial charge in [-0.25, -0.2) is 0 Å². The molecule has 0 spiro atoms. The van der Waals surface area contributed by atoms with Crippen LogP contribution in [0.5, 0.6) is 5.75 Å². The van der Waals surface area contributed by atoms with Crippen LogP contribution in [0.2, 0.25) is 0 Å². The van der Waals surface area contributed by atoms with Crippen molar-refractivity contribution in [2.24, 2.45) is 5.73 Å². The molecule has 1 amide bonds. The van der Waals surface area contributed by atoms with E-state index in [1.165, 1.54) is 6.42 Å². The van der Waals surface area contributed by atoms with E-state index in [0.29, 0.717) is 13.2 Å². The standard InChI is InChI=1S/C17H24N2O2.ClH/c1-2-12-21-15-9-5-4-8-14(15)13-19-16(20)17(18)10-6-3-7-11-17;/h2,4-5,8-9H,1,3,6-7,10-13,18H2,(H,19,20);1H. The molecule has 22 heavy (non-hydrogen) atoms. The lowest BCUT2D eigenvalue weighted by Gasteiger charge is -2.31. The third kappa shape index (κ3) is 4.75. The van der Waals surface area contributed by atoms with E-state index in [2.05, 4.69) is 11.9 Å². The summed E-state index contributed by atoms with van der Waals surface area (Å²) in [5.41, 5.74) is 6.48. The fourth-order valence-electron chi connectivity index (χ4n) is 2.70. The number of carbonyl (C=O) groups is 1. The van der Waals surface area contributed by atoms with Gasteiger partial charge in [0.25, 0.3) is 0 Å². The monoisotopic (exact) mass is 324 g/mol. The Morgan fingerprint density at radius 1 is 1.32 bits per heavy atom. The third-order valence-corrected chi connectivity index (χ3v) is 3.97. The predicted octanol–water partition coefficient (Wildman–Crippen LogP) is 2.95. The van der Waals surface area contributed by atoms with E-state index in [9.17, 15) is 4.79 Å². The van der Waals surface area contributed by atoms with Gasteiger partial charge in [0.1, 0.15) is 12.4 Å². The molecule has 1 aromatic rings. The van der Waals surface area contributed by atoms with Gasteiger partial charge in [-0.2, -0.15) is 0 Å². The maximum absolute atomic E-state index is 12.3. The molecule has 0 aromatic heterocycles. The van der Waals surface area contributed by atoms with Gasteiger partial charge in [-0.3, -0.25) is 4.79 Å². The van der Waals surface area contributed by atoms with Crippen LogP contribution >= 0.6 is 12.4 Å². The number of rotatable bonds is 6. The Morgan fingerprint density at radius 2 is 2.00 bits per heavy atom. The summed E-state index contributed by atoms with van der Waals surface area (Å²) in [5, 5.41) is 2.96. The first-order valence-corrected chi connectivity index (χ1v) is 7.54. The molecule has 0 bridgehead atoms. The molecule has 0 radical (unpaired) electrons. The summed E-state index contributed by atoms with van der Waals surface area (Å²) >= 11 is 0. The summed E-state index contributed by atoms with van der Waals surface area (Å²) < 4.78 is 5.59. The minimum Gasteiger partial charge on any atom is -0.489 e. The minimum atomic E-state index is -0.699. The van der Waals surface area contributed by atoms with E-state index < -0.39 is 5.54 Å². The Bertz CT molecular complexity index is 499. The van der Waals surface area contributed by atoms with Crippen molar-refractivity contribution in [1.29, 1.82) is 0 Å². The summed E-state index contributed by atoms with van der Waals surface area (Å²) in [5.74, 6) is 0.716. The van der Waals surface area contributed by atoms with Gasteiger partial charge in [-0.15, -0.1) is 12.4 Å². The molecular formula is C17H25ClN2O2. The van der Waals surface area contributed by atoms with Crippen molar-refractivity contribution in [3.8, 4) is 5.75 Å². The van der Waals surface area contributed by atoms with Crippen LogP contribution in [-0.2, 0) is 11.3 Å². The highest BCUT2D eigenvalue weighted by Crippen LogP contribution is 2.26. The lowest BCUT2D eigenvalue weighted by molar-refractivity contribution is -0.127. The Labute approximate surface area is 138 Å². The predicted molar refractivity (Wildman–Crippen MR) is 91.2 cm³/mol. The zero-order valence-corrected chi connectivity index (χ0v) is 13.7. The number of benzene rings is 1. The largest absolute Gasteiger partial charge is 0.489 e. The van der Waals surface area contributed by atoms with Gasteiger partial charge >= 0.3 is 0 Å². The highest BCUT2D eigenvalue weighted by Gasteiger charge is 2.34. The first kappa shape index (κ1) is 18.5. The fraction of sp³-hybridized carbons (Fsp3) is 0.471. The Balaban J connectivity index is 0.00000242. The van der Waals surface area contributed by atoms with Gasteiger partial charge in [0.2, 0.25) is 5.91 Å². The van der Waals surface area contributed by atoms with Crippen molar-refractivity contribution >= 4 is 18.3 Å². The van der Waals surface area contributed by atoms with Crippen LogP contribution in [0.3, 0.4) is 0 Å². The molecule has 0 aliphatic heterocycles. The molecule has 3 N–H and O–H groups in total. The fourth-order valence-corrected chi connectivity index (χ4v) is 2.70. The smallest absolute Gasteiger partial charge is 0.240 e. The molecule has 1 fully saturated rings. The van der Waals surface area contributed by atoms with Crippen molar-refractivity contribution in [3.63, 3.8) is 0 Å². The van der Waals surface area contributed by atoms with Crippen molar-refractivity contribution in [2.45, 2.75) is 44.2 Å². The Morgan fingerprint density at radius 3 is 2.68 bits per heavy atom. The molecule has 0 saturated heterocycles. The first-order chi connectivity index (χ1) is 10.2. The number of ether oxygens (including phenoxy) is 1. The Kier molecular flexibility index (Phi) is 7.42. The van der Waals surface area contributed by atoms with Crippen LogP contribution in [0.25, 0.3) is 0 Å². The average Bonchev–Trinajstić information content (AvgIpc) is 2.52. The molecule has 5 heteroatoms. The van der Waals surface area contributed by atoms with Gasteiger partial charge in [-0.1, -0.05) is 50.1 Å². The second-order valence-corrected chi connectivity index (χ2v) is 5.61. The highest BCUT2D eigenvalue weighted by atomic mass is 35.5. The van der Waals surface area contributed by atoms with Crippen LogP contribution in [-0.4, -0.2) is 18.1 Å². The minimum absolute atomic E-state index is 0.